The Balaban J connectivity index is 1.20. The average Bonchev–Trinajstić information content (AvgIpc) is 3.21. The number of aromatic nitrogens is 1. The van der Waals surface area contributed by atoms with E-state index in [1.54, 1.807) is 24.4 Å². The number of halogens is 2. The Kier molecular flexibility index (Phi) is 6.99. The van der Waals surface area contributed by atoms with E-state index in [1.165, 1.54) is 12.1 Å². The third-order valence-corrected chi connectivity index (χ3v) is 6.41. The molecule has 0 spiro atoms. The number of nitrogens with one attached hydrogen (secondary N) is 1. The molecular formula is C27H27F2N3O4. The number of rotatable bonds is 8. The van der Waals surface area contributed by atoms with E-state index < -0.39 is 12.3 Å². The second-order valence-electron chi connectivity index (χ2n) is 8.85. The van der Waals surface area contributed by atoms with Crippen LogP contribution in [0.25, 0.3) is 0 Å². The van der Waals surface area contributed by atoms with Gasteiger partial charge in [-0.05, 0) is 67.9 Å². The van der Waals surface area contributed by atoms with Crippen molar-refractivity contribution in [3.63, 3.8) is 0 Å². The first kappa shape index (κ1) is 24.0. The molecule has 188 valence electrons. The maximum atomic E-state index is 13.5. The molecule has 2 aliphatic heterocycles. The number of benzene rings is 2. The molecule has 0 radical (unpaired) electrons. The van der Waals surface area contributed by atoms with Gasteiger partial charge in [-0.3, -0.25) is 14.7 Å². The summed E-state index contributed by atoms with van der Waals surface area (Å²) in [6.45, 7) is 2.97. The Bertz CT molecular complexity index is 1170. The summed E-state index contributed by atoms with van der Waals surface area (Å²) in [7, 11) is 0. The van der Waals surface area contributed by atoms with Crippen molar-refractivity contribution >= 4 is 5.91 Å². The molecule has 1 saturated heterocycles. The van der Waals surface area contributed by atoms with Crippen molar-refractivity contribution in [1.82, 2.24) is 15.2 Å². The van der Waals surface area contributed by atoms with Crippen LogP contribution in [0.1, 0.15) is 30.1 Å². The maximum absolute atomic E-state index is 13.5. The van der Waals surface area contributed by atoms with Gasteiger partial charge in [0.25, 0.3) is 0 Å². The maximum Gasteiger partial charge on any atom is 0.586 e. The molecule has 9 heteroatoms. The number of fused-ring (bicyclic) bond motifs is 1. The van der Waals surface area contributed by atoms with Crippen LogP contribution in [0.3, 0.4) is 0 Å². The van der Waals surface area contributed by atoms with Gasteiger partial charge >= 0.3 is 6.29 Å². The summed E-state index contributed by atoms with van der Waals surface area (Å²) >= 11 is 0. The lowest BCUT2D eigenvalue weighted by molar-refractivity contribution is -0.286. The normalized spacial score (nSPS) is 17.9. The van der Waals surface area contributed by atoms with Crippen LogP contribution < -0.4 is 19.5 Å². The summed E-state index contributed by atoms with van der Waals surface area (Å²) < 4.78 is 41.9. The Morgan fingerprint density at radius 2 is 1.81 bits per heavy atom. The van der Waals surface area contributed by atoms with Gasteiger partial charge in [-0.1, -0.05) is 30.3 Å². The summed E-state index contributed by atoms with van der Waals surface area (Å²) in [6, 6.07) is 19.0. The molecule has 1 amide bonds. The van der Waals surface area contributed by atoms with E-state index >= 15 is 0 Å². The number of pyridine rings is 1. The van der Waals surface area contributed by atoms with Crippen molar-refractivity contribution in [3.05, 3.63) is 84.2 Å². The van der Waals surface area contributed by atoms with E-state index in [1.807, 2.05) is 36.4 Å². The molecule has 2 aromatic carbocycles. The second-order valence-corrected chi connectivity index (χ2v) is 8.85. The van der Waals surface area contributed by atoms with Gasteiger partial charge < -0.3 is 19.5 Å². The van der Waals surface area contributed by atoms with Gasteiger partial charge in [0.1, 0.15) is 12.4 Å². The zero-order valence-corrected chi connectivity index (χ0v) is 19.6. The predicted octanol–water partition coefficient (Wildman–Crippen LogP) is 4.40. The first-order chi connectivity index (χ1) is 17.5. The minimum absolute atomic E-state index is 0.0431. The fourth-order valence-electron chi connectivity index (χ4n) is 4.51. The highest BCUT2D eigenvalue weighted by Crippen LogP contribution is 2.42. The number of hydrogen-bond acceptors (Lipinski definition) is 6. The van der Waals surface area contributed by atoms with Crippen molar-refractivity contribution in [2.75, 3.05) is 26.2 Å². The van der Waals surface area contributed by atoms with E-state index in [9.17, 15) is 13.6 Å². The number of alkyl halides is 2. The second kappa shape index (κ2) is 10.5. The number of ether oxygens (including phenoxy) is 3. The summed E-state index contributed by atoms with van der Waals surface area (Å²) in [5.74, 6) is 0.492. The number of likely N-dealkylation sites (tertiary alicyclic amines) is 1. The summed E-state index contributed by atoms with van der Waals surface area (Å²) in [6.07, 6.45) is -0.630. The van der Waals surface area contributed by atoms with E-state index in [0.717, 1.165) is 38.2 Å². The standard InChI is InChI=1S/C27H27F2N3O4/c28-27(29)35-23-10-9-20(18-24(23)36-27)25(22-8-4-5-13-30-22)31-26(33)19-11-14-32(15-12-19)16-17-34-21-6-2-1-3-7-21/h1-10,13,18-19,25H,11-12,14-17H2,(H,31,33)/t25-/m0/s1. The van der Waals surface area contributed by atoms with E-state index in [-0.39, 0.29) is 23.3 Å². The first-order valence-electron chi connectivity index (χ1n) is 12.0. The zero-order chi connectivity index (χ0) is 25.0. The fraction of sp³-hybridized carbons (Fsp3) is 0.333. The number of carbonyl (C=O) groups is 1. The Morgan fingerprint density at radius 3 is 2.56 bits per heavy atom. The highest BCUT2D eigenvalue weighted by molar-refractivity contribution is 5.79. The van der Waals surface area contributed by atoms with Gasteiger partial charge in [0.2, 0.25) is 5.91 Å². The minimum Gasteiger partial charge on any atom is -0.492 e. The molecule has 3 heterocycles. The Hall–Kier alpha value is -3.72. The van der Waals surface area contributed by atoms with Crippen LogP contribution >= 0.6 is 0 Å². The topological polar surface area (TPSA) is 72.9 Å². The van der Waals surface area contributed by atoms with Crippen molar-refractivity contribution in [3.8, 4) is 17.2 Å². The van der Waals surface area contributed by atoms with Crippen molar-refractivity contribution in [2.45, 2.75) is 25.2 Å². The number of nitrogens with zero attached hydrogens (tertiary/aromatic N) is 2. The van der Waals surface area contributed by atoms with E-state index in [0.29, 0.717) is 17.9 Å². The third kappa shape index (κ3) is 5.73. The first-order valence-corrected chi connectivity index (χ1v) is 12.0. The summed E-state index contributed by atoms with van der Waals surface area (Å²) in [4.78, 5) is 19.9. The molecule has 1 fully saturated rings. The van der Waals surface area contributed by atoms with Crippen LogP contribution in [0.15, 0.2) is 72.9 Å². The molecule has 1 aromatic heterocycles. The van der Waals surface area contributed by atoms with Crippen LogP contribution in [0.4, 0.5) is 8.78 Å². The quantitative estimate of drug-likeness (QED) is 0.500. The van der Waals surface area contributed by atoms with Gasteiger partial charge in [0.15, 0.2) is 11.5 Å². The SMILES string of the molecule is O=C(N[C@@H](c1ccc2c(c1)OC(F)(F)O2)c1ccccn1)C1CCN(CCOc2ccccc2)CC1. The lowest BCUT2D eigenvalue weighted by Crippen LogP contribution is -2.42. The molecule has 0 saturated carbocycles. The van der Waals surface area contributed by atoms with Crippen LogP contribution in [-0.2, 0) is 4.79 Å². The molecule has 2 aliphatic rings. The lowest BCUT2D eigenvalue weighted by atomic mass is 9.94. The average molecular weight is 496 g/mol. The van der Waals surface area contributed by atoms with Crippen LogP contribution in [0.5, 0.6) is 17.2 Å². The molecule has 7 nitrogen and oxygen atoms in total. The third-order valence-electron chi connectivity index (χ3n) is 6.41. The summed E-state index contributed by atoms with van der Waals surface area (Å²) in [5, 5.41) is 3.08. The number of amides is 1. The highest BCUT2D eigenvalue weighted by atomic mass is 19.3. The molecule has 1 atom stereocenters. The molecule has 0 aliphatic carbocycles. The molecule has 3 aromatic rings. The smallest absolute Gasteiger partial charge is 0.492 e. The monoisotopic (exact) mass is 495 g/mol. The van der Waals surface area contributed by atoms with Crippen LogP contribution in [0.2, 0.25) is 0 Å². The van der Waals surface area contributed by atoms with Crippen LogP contribution in [0, 0.1) is 5.92 Å². The van der Waals surface area contributed by atoms with Gasteiger partial charge in [0, 0.05) is 18.7 Å². The van der Waals surface area contributed by atoms with Gasteiger partial charge in [-0.15, -0.1) is 8.78 Å². The number of para-hydroxylation sites is 1. The summed E-state index contributed by atoms with van der Waals surface area (Å²) in [5.41, 5.74) is 1.18. The molecule has 1 N–H and O–H groups in total. The van der Waals surface area contributed by atoms with E-state index in [4.69, 9.17) is 4.74 Å². The van der Waals surface area contributed by atoms with Crippen molar-refractivity contribution < 1.29 is 27.8 Å². The minimum atomic E-state index is -3.70. The van der Waals surface area contributed by atoms with Gasteiger partial charge in [0.05, 0.1) is 11.7 Å². The zero-order valence-electron chi connectivity index (χ0n) is 19.6. The predicted molar refractivity (Wildman–Crippen MR) is 128 cm³/mol. The van der Waals surface area contributed by atoms with Gasteiger partial charge in [-0.2, -0.15) is 0 Å². The van der Waals surface area contributed by atoms with Crippen molar-refractivity contribution in [2.24, 2.45) is 5.92 Å². The van der Waals surface area contributed by atoms with Gasteiger partial charge in [-0.25, -0.2) is 0 Å². The van der Waals surface area contributed by atoms with Crippen molar-refractivity contribution in [1.29, 1.82) is 0 Å². The molecule has 36 heavy (non-hydrogen) atoms. The van der Waals surface area contributed by atoms with E-state index in [2.05, 4.69) is 24.7 Å². The van der Waals surface area contributed by atoms with Crippen LogP contribution in [-0.4, -0.2) is 48.3 Å². The highest BCUT2D eigenvalue weighted by Gasteiger charge is 2.43. The molecule has 0 bridgehead atoms. The number of piperidine rings is 1. The molecular weight excluding hydrogens is 468 g/mol. The number of carbonyl (C=O) groups excluding carboxylic acids is 1. The largest absolute Gasteiger partial charge is 0.586 e. The fourth-order valence-corrected chi connectivity index (χ4v) is 4.51. The molecule has 5 rings (SSSR count). The Morgan fingerprint density at radius 1 is 1.06 bits per heavy atom. The Labute approximate surface area is 208 Å². The number of hydrogen-bond donors (Lipinski definition) is 1. The lowest BCUT2D eigenvalue weighted by Gasteiger charge is -2.32. The molecule has 0 unspecified atom stereocenters.